The average Bonchev–Trinajstić information content (AvgIpc) is 2.45. The summed E-state index contributed by atoms with van der Waals surface area (Å²) in [6.07, 6.45) is 1.01. The van der Waals surface area contributed by atoms with E-state index in [0.717, 1.165) is 12.0 Å². The molecule has 0 aliphatic heterocycles. The zero-order chi connectivity index (χ0) is 14.4. The summed E-state index contributed by atoms with van der Waals surface area (Å²) in [4.78, 5) is 12.1. The van der Waals surface area contributed by atoms with Gasteiger partial charge in [0.15, 0.2) is 0 Å². The highest BCUT2D eigenvalue weighted by Gasteiger charge is 2.19. The van der Waals surface area contributed by atoms with Crippen molar-refractivity contribution in [2.45, 2.75) is 46.1 Å². The van der Waals surface area contributed by atoms with E-state index < -0.39 is 0 Å². The molecule has 0 saturated heterocycles. The normalized spacial score (nSPS) is 15.6. The monoisotopic (exact) mass is 263 g/mol. The number of rotatable bonds is 6. The fourth-order valence-electron chi connectivity index (χ4n) is 1.84. The van der Waals surface area contributed by atoms with Crippen LogP contribution in [0.5, 0.6) is 0 Å². The molecule has 1 aromatic carbocycles. The minimum Gasteiger partial charge on any atom is -0.396 e. The third kappa shape index (κ3) is 4.35. The summed E-state index contributed by atoms with van der Waals surface area (Å²) in [5.74, 6) is -0.0880. The van der Waals surface area contributed by atoms with Crippen LogP contribution in [-0.4, -0.2) is 23.7 Å². The first-order valence-electron chi connectivity index (χ1n) is 6.99. The molecule has 3 nitrogen and oxygen atoms in total. The smallest absolute Gasteiger partial charge is 0.227 e. The second-order valence-corrected chi connectivity index (χ2v) is 5.27. The molecule has 0 spiro atoms. The zero-order valence-corrected chi connectivity index (χ0v) is 12.3. The first-order chi connectivity index (χ1) is 8.99. The Bertz CT molecular complexity index is 400. The summed E-state index contributed by atoms with van der Waals surface area (Å²) < 4.78 is 0. The van der Waals surface area contributed by atoms with Gasteiger partial charge in [-0.25, -0.2) is 0 Å². The fraction of sp³-hybridized carbons (Fsp3) is 0.562. The van der Waals surface area contributed by atoms with Gasteiger partial charge in [-0.3, -0.25) is 4.79 Å². The van der Waals surface area contributed by atoms with Crippen molar-refractivity contribution in [3.05, 3.63) is 35.4 Å². The lowest BCUT2D eigenvalue weighted by atomic mass is 9.97. The van der Waals surface area contributed by atoms with Crippen molar-refractivity contribution in [3.8, 4) is 0 Å². The molecule has 0 bridgehead atoms. The number of aryl methyl sites for hydroxylation is 1. The molecule has 0 saturated carbocycles. The number of hydrogen-bond acceptors (Lipinski definition) is 2. The molecule has 0 aromatic heterocycles. The molecular weight excluding hydrogens is 238 g/mol. The van der Waals surface area contributed by atoms with Crippen LogP contribution in [0.3, 0.4) is 0 Å². The van der Waals surface area contributed by atoms with Crippen LogP contribution in [0.15, 0.2) is 24.3 Å². The van der Waals surface area contributed by atoms with Crippen molar-refractivity contribution < 1.29 is 9.90 Å². The number of aliphatic hydroxyl groups is 1. The molecular formula is C16H25NO2. The molecule has 0 fully saturated rings. The van der Waals surface area contributed by atoms with E-state index in [4.69, 9.17) is 5.11 Å². The zero-order valence-electron chi connectivity index (χ0n) is 12.3. The molecule has 1 amide bonds. The molecule has 0 aliphatic carbocycles. The highest BCUT2D eigenvalue weighted by atomic mass is 16.3. The first-order valence-corrected chi connectivity index (χ1v) is 6.99. The second-order valence-electron chi connectivity index (χ2n) is 5.27. The van der Waals surface area contributed by atoms with Crippen molar-refractivity contribution in [3.63, 3.8) is 0 Å². The standard InChI is InChI=1S/C16H25NO2/c1-5-14-6-8-15(9-7-14)12(3)16(19)17-13(4)11(2)10-18/h6-9,11-13,18H,5,10H2,1-4H3,(H,17,19). The van der Waals surface area contributed by atoms with Crippen LogP contribution in [0, 0.1) is 5.92 Å². The van der Waals surface area contributed by atoms with E-state index in [1.54, 1.807) is 0 Å². The van der Waals surface area contributed by atoms with E-state index in [0.29, 0.717) is 0 Å². The molecule has 0 aliphatic rings. The Kier molecular flexibility index (Phi) is 6.03. The van der Waals surface area contributed by atoms with Crippen LogP contribution >= 0.6 is 0 Å². The minimum absolute atomic E-state index is 0.0112. The summed E-state index contributed by atoms with van der Waals surface area (Å²) >= 11 is 0. The van der Waals surface area contributed by atoms with Gasteiger partial charge in [0.2, 0.25) is 5.91 Å². The SMILES string of the molecule is CCc1ccc(C(C)C(=O)NC(C)C(C)CO)cc1. The molecule has 0 heterocycles. The first kappa shape index (κ1) is 15.7. The maximum atomic E-state index is 12.1. The van der Waals surface area contributed by atoms with Gasteiger partial charge < -0.3 is 10.4 Å². The second kappa shape index (κ2) is 7.29. The third-order valence-electron chi connectivity index (χ3n) is 3.79. The molecule has 3 atom stereocenters. The predicted octanol–water partition coefficient (Wildman–Crippen LogP) is 2.49. The van der Waals surface area contributed by atoms with Gasteiger partial charge in [-0.05, 0) is 37.3 Å². The highest BCUT2D eigenvalue weighted by Crippen LogP contribution is 2.17. The third-order valence-corrected chi connectivity index (χ3v) is 3.79. The van der Waals surface area contributed by atoms with Gasteiger partial charge in [0.25, 0.3) is 0 Å². The van der Waals surface area contributed by atoms with Crippen LogP contribution in [0.1, 0.15) is 44.7 Å². The van der Waals surface area contributed by atoms with Crippen LogP contribution in [0.4, 0.5) is 0 Å². The Labute approximate surface area is 116 Å². The fourth-order valence-corrected chi connectivity index (χ4v) is 1.84. The highest BCUT2D eigenvalue weighted by molar-refractivity contribution is 5.83. The van der Waals surface area contributed by atoms with Crippen LogP contribution in [-0.2, 0) is 11.2 Å². The van der Waals surface area contributed by atoms with Crippen LogP contribution in [0.2, 0.25) is 0 Å². The Morgan fingerprint density at radius 1 is 1.21 bits per heavy atom. The Morgan fingerprint density at radius 2 is 1.79 bits per heavy atom. The number of carbonyl (C=O) groups is 1. The Hall–Kier alpha value is -1.35. The molecule has 19 heavy (non-hydrogen) atoms. The van der Waals surface area contributed by atoms with Crippen molar-refractivity contribution in [2.24, 2.45) is 5.92 Å². The maximum Gasteiger partial charge on any atom is 0.227 e. The predicted molar refractivity (Wildman–Crippen MR) is 78.1 cm³/mol. The average molecular weight is 263 g/mol. The number of aliphatic hydroxyl groups excluding tert-OH is 1. The van der Waals surface area contributed by atoms with Gasteiger partial charge in [0.05, 0.1) is 5.92 Å². The molecule has 3 heteroatoms. The van der Waals surface area contributed by atoms with Gasteiger partial charge in [-0.15, -0.1) is 0 Å². The van der Waals surface area contributed by atoms with Crippen molar-refractivity contribution in [1.29, 1.82) is 0 Å². The lowest BCUT2D eigenvalue weighted by Crippen LogP contribution is -2.40. The molecule has 3 unspecified atom stereocenters. The quantitative estimate of drug-likeness (QED) is 0.828. The molecule has 106 valence electrons. The van der Waals surface area contributed by atoms with Gasteiger partial charge in [0.1, 0.15) is 0 Å². The van der Waals surface area contributed by atoms with Crippen molar-refractivity contribution in [2.75, 3.05) is 6.61 Å². The molecule has 1 aromatic rings. The number of carbonyl (C=O) groups excluding carboxylic acids is 1. The Balaban J connectivity index is 2.65. The number of hydrogen-bond donors (Lipinski definition) is 2. The van der Waals surface area contributed by atoms with E-state index in [9.17, 15) is 4.79 Å². The summed E-state index contributed by atoms with van der Waals surface area (Å²) in [5.41, 5.74) is 2.30. The summed E-state index contributed by atoms with van der Waals surface area (Å²) in [7, 11) is 0. The number of nitrogens with one attached hydrogen (secondary N) is 1. The van der Waals surface area contributed by atoms with Crippen LogP contribution in [0.25, 0.3) is 0 Å². The van der Waals surface area contributed by atoms with E-state index >= 15 is 0 Å². The summed E-state index contributed by atoms with van der Waals surface area (Å²) in [6, 6.07) is 8.15. The number of benzene rings is 1. The number of amides is 1. The van der Waals surface area contributed by atoms with E-state index in [-0.39, 0.29) is 30.4 Å². The topological polar surface area (TPSA) is 49.3 Å². The van der Waals surface area contributed by atoms with E-state index in [2.05, 4.69) is 24.4 Å². The Morgan fingerprint density at radius 3 is 2.26 bits per heavy atom. The lowest BCUT2D eigenvalue weighted by Gasteiger charge is -2.22. The van der Waals surface area contributed by atoms with E-state index in [1.165, 1.54) is 5.56 Å². The van der Waals surface area contributed by atoms with Crippen molar-refractivity contribution >= 4 is 5.91 Å². The largest absolute Gasteiger partial charge is 0.396 e. The maximum absolute atomic E-state index is 12.1. The lowest BCUT2D eigenvalue weighted by molar-refractivity contribution is -0.123. The van der Waals surface area contributed by atoms with Gasteiger partial charge in [0, 0.05) is 12.6 Å². The van der Waals surface area contributed by atoms with Gasteiger partial charge >= 0.3 is 0 Å². The van der Waals surface area contributed by atoms with Crippen LogP contribution < -0.4 is 5.32 Å². The molecule has 1 rings (SSSR count). The molecule has 2 N–H and O–H groups in total. The van der Waals surface area contributed by atoms with E-state index in [1.807, 2.05) is 32.9 Å². The summed E-state index contributed by atoms with van der Waals surface area (Å²) in [6.45, 7) is 7.95. The van der Waals surface area contributed by atoms with Crippen molar-refractivity contribution in [1.82, 2.24) is 5.32 Å². The molecule has 0 radical (unpaired) electrons. The minimum atomic E-state index is -0.167. The summed E-state index contributed by atoms with van der Waals surface area (Å²) in [5, 5.41) is 12.0. The van der Waals surface area contributed by atoms with Gasteiger partial charge in [-0.1, -0.05) is 38.1 Å². The van der Waals surface area contributed by atoms with Gasteiger partial charge in [-0.2, -0.15) is 0 Å².